The SMILES string of the molecule is O=C(O)c1cccc(Sc2nnc3ccccn23)c1. The Hall–Kier alpha value is -2.34. The highest BCUT2D eigenvalue weighted by atomic mass is 32.2. The maximum atomic E-state index is 10.9. The zero-order valence-electron chi connectivity index (χ0n) is 9.72. The number of fused-ring (bicyclic) bond motifs is 1. The minimum atomic E-state index is -0.937. The van der Waals surface area contributed by atoms with Crippen molar-refractivity contribution in [2.24, 2.45) is 0 Å². The molecule has 1 N–H and O–H groups in total. The monoisotopic (exact) mass is 271 g/mol. The van der Waals surface area contributed by atoms with Crippen molar-refractivity contribution in [3.05, 3.63) is 54.2 Å². The molecule has 6 heteroatoms. The van der Waals surface area contributed by atoms with E-state index in [0.29, 0.717) is 5.16 Å². The second kappa shape index (κ2) is 4.74. The summed E-state index contributed by atoms with van der Waals surface area (Å²) in [6.07, 6.45) is 1.87. The first-order chi connectivity index (χ1) is 9.24. The lowest BCUT2D eigenvalue weighted by Crippen LogP contribution is -1.95. The van der Waals surface area contributed by atoms with Crippen molar-refractivity contribution in [1.29, 1.82) is 0 Å². The highest BCUT2D eigenvalue weighted by Gasteiger charge is 2.08. The molecule has 0 amide bonds. The summed E-state index contributed by atoms with van der Waals surface area (Å²) in [4.78, 5) is 11.7. The van der Waals surface area contributed by atoms with Crippen molar-refractivity contribution >= 4 is 23.4 Å². The molecule has 3 aromatic rings. The van der Waals surface area contributed by atoms with Crippen LogP contribution in [0.4, 0.5) is 0 Å². The number of hydrogen-bond donors (Lipinski definition) is 1. The molecule has 2 heterocycles. The summed E-state index contributed by atoms with van der Waals surface area (Å²) in [6, 6.07) is 12.4. The summed E-state index contributed by atoms with van der Waals surface area (Å²) in [5.74, 6) is -0.937. The van der Waals surface area contributed by atoms with Gasteiger partial charge in [0, 0.05) is 11.1 Å². The number of aromatic nitrogens is 3. The second-order valence-corrected chi connectivity index (χ2v) is 4.89. The van der Waals surface area contributed by atoms with E-state index < -0.39 is 5.97 Å². The van der Waals surface area contributed by atoms with Crippen LogP contribution >= 0.6 is 11.8 Å². The summed E-state index contributed by atoms with van der Waals surface area (Å²) < 4.78 is 1.86. The third-order valence-corrected chi connectivity index (χ3v) is 3.52. The molecule has 0 aliphatic heterocycles. The third-order valence-electron chi connectivity index (χ3n) is 2.57. The van der Waals surface area contributed by atoms with Crippen LogP contribution in [0.1, 0.15) is 10.4 Å². The van der Waals surface area contributed by atoms with Crippen molar-refractivity contribution in [2.75, 3.05) is 0 Å². The normalized spacial score (nSPS) is 10.7. The fourth-order valence-electron chi connectivity index (χ4n) is 1.69. The molecule has 0 atom stereocenters. The standard InChI is InChI=1S/C13H9N3O2S/c17-12(18)9-4-3-5-10(8-9)19-13-15-14-11-6-1-2-7-16(11)13/h1-8H,(H,17,18). The van der Waals surface area contributed by atoms with Gasteiger partial charge in [-0.15, -0.1) is 10.2 Å². The van der Waals surface area contributed by atoms with E-state index in [1.165, 1.54) is 11.8 Å². The number of carboxylic acid groups (broad SMARTS) is 1. The van der Waals surface area contributed by atoms with Crippen LogP contribution in [0, 0.1) is 0 Å². The Morgan fingerprint density at radius 1 is 1.16 bits per heavy atom. The number of carboxylic acids is 1. The van der Waals surface area contributed by atoms with E-state index in [1.54, 1.807) is 18.2 Å². The summed E-state index contributed by atoms with van der Waals surface area (Å²) in [7, 11) is 0. The highest BCUT2D eigenvalue weighted by Crippen LogP contribution is 2.26. The van der Waals surface area contributed by atoms with Crippen LogP contribution in [0.2, 0.25) is 0 Å². The molecule has 19 heavy (non-hydrogen) atoms. The Kier molecular flexibility index (Phi) is 2.92. The first kappa shape index (κ1) is 11.7. The lowest BCUT2D eigenvalue weighted by atomic mass is 10.2. The molecule has 0 spiro atoms. The van der Waals surface area contributed by atoms with Gasteiger partial charge in [0.1, 0.15) is 0 Å². The minimum absolute atomic E-state index is 0.263. The van der Waals surface area contributed by atoms with Crippen LogP contribution in [0.15, 0.2) is 58.7 Å². The minimum Gasteiger partial charge on any atom is -0.478 e. The first-order valence-electron chi connectivity index (χ1n) is 5.55. The molecule has 0 saturated carbocycles. The molecule has 0 unspecified atom stereocenters. The Morgan fingerprint density at radius 2 is 2.05 bits per heavy atom. The third kappa shape index (κ3) is 2.30. The van der Waals surface area contributed by atoms with E-state index in [1.807, 2.05) is 34.9 Å². The zero-order chi connectivity index (χ0) is 13.2. The van der Waals surface area contributed by atoms with Crippen LogP contribution in [0.3, 0.4) is 0 Å². The molecule has 3 rings (SSSR count). The first-order valence-corrected chi connectivity index (χ1v) is 6.37. The number of carbonyl (C=O) groups is 1. The Morgan fingerprint density at radius 3 is 2.89 bits per heavy atom. The molecule has 0 aliphatic carbocycles. The quantitative estimate of drug-likeness (QED) is 0.793. The van der Waals surface area contributed by atoms with Crippen molar-refractivity contribution < 1.29 is 9.90 Å². The largest absolute Gasteiger partial charge is 0.478 e. The predicted octanol–water partition coefficient (Wildman–Crippen LogP) is 2.58. The molecule has 94 valence electrons. The highest BCUT2D eigenvalue weighted by molar-refractivity contribution is 7.99. The smallest absolute Gasteiger partial charge is 0.335 e. The average molecular weight is 271 g/mol. The van der Waals surface area contributed by atoms with Gasteiger partial charge in [0.15, 0.2) is 10.8 Å². The van der Waals surface area contributed by atoms with Crippen molar-refractivity contribution in [3.8, 4) is 0 Å². The molecule has 1 aromatic carbocycles. The Bertz CT molecular complexity index is 754. The van der Waals surface area contributed by atoms with E-state index in [4.69, 9.17) is 5.11 Å². The second-order valence-electron chi connectivity index (χ2n) is 3.85. The molecular formula is C13H9N3O2S. The number of benzene rings is 1. The number of pyridine rings is 1. The molecule has 0 radical (unpaired) electrons. The van der Waals surface area contributed by atoms with Crippen LogP contribution < -0.4 is 0 Å². The van der Waals surface area contributed by atoms with E-state index >= 15 is 0 Å². The maximum Gasteiger partial charge on any atom is 0.335 e. The predicted molar refractivity (Wildman–Crippen MR) is 70.5 cm³/mol. The topological polar surface area (TPSA) is 67.5 Å². The lowest BCUT2D eigenvalue weighted by Gasteiger charge is -2.01. The van der Waals surface area contributed by atoms with Crippen molar-refractivity contribution in [3.63, 3.8) is 0 Å². The van der Waals surface area contributed by atoms with Gasteiger partial charge in [-0.05, 0) is 42.1 Å². The van der Waals surface area contributed by atoms with Crippen molar-refractivity contribution in [1.82, 2.24) is 14.6 Å². The zero-order valence-corrected chi connectivity index (χ0v) is 10.5. The average Bonchev–Trinajstić information content (AvgIpc) is 2.83. The summed E-state index contributed by atoms with van der Waals surface area (Å²) in [5, 5.41) is 17.8. The maximum absolute atomic E-state index is 10.9. The molecule has 0 bridgehead atoms. The fraction of sp³-hybridized carbons (Fsp3) is 0. The molecule has 0 fully saturated rings. The van der Waals surface area contributed by atoms with E-state index in [2.05, 4.69) is 10.2 Å². The Labute approximate surface area is 112 Å². The van der Waals surface area contributed by atoms with Gasteiger partial charge in [0.05, 0.1) is 5.56 Å². The number of aromatic carboxylic acids is 1. The molecule has 0 saturated heterocycles. The Balaban J connectivity index is 1.97. The van der Waals surface area contributed by atoms with Gasteiger partial charge in [0.2, 0.25) is 0 Å². The van der Waals surface area contributed by atoms with Gasteiger partial charge in [-0.2, -0.15) is 0 Å². The number of rotatable bonds is 3. The lowest BCUT2D eigenvalue weighted by molar-refractivity contribution is 0.0696. The molecular weight excluding hydrogens is 262 g/mol. The van der Waals surface area contributed by atoms with E-state index in [0.717, 1.165) is 10.5 Å². The summed E-state index contributed by atoms with van der Waals surface area (Å²) >= 11 is 1.38. The number of hydrogen-bond acceptors (Lipinski definition) is 4. The molecule has 0 aliphatic rings. The molecule has 2 aromatic heterocycles. The van der Waals surface area contributed by atoms with Crippen LogP contribution in [-0.4, -0.2) is 25.7 Å². The van der Waals surface area contributed by atoms with Crippen LogP contribution in [-0.2, 0) is 0 Å². The van der Waals surface area contributed by atoms with Crippen molar-refractivity contribution in [2.45, 2.75) is 10.1 Å². The molecule has 5 nitrogen and oxygen atoms in total. The fourth-order valence-corrected chi connectivity index (χ4v) is 2.56. The van der Waals surface area contributed by atoms with Gasteiger partial charge in [-0.1, -0.05) is 12.1 Å². The van der Waals surface area contributed by atoms with E-state index in [9.17, 15) is 4.79 Å². The number of nitrogens with zero attached hydrogens (tertiary/aromatic N) is 3. The summed E-state index contributed by atoms with van der Waals surface area (Å²) in [5.41, 5.74) is 1.03. The van der Waals surface area contributed by atoms with Gasteiger partial charge in [-0.25, -0.2) is 4.79 Å². The van der Waals surface area contributed by atoms with Gasteiger partial charge in [-0.3, -0.25) is 4.40 Å². The van der Waals surface area contributed by atoms with E-state index in [-0.39, 0.29) is 5.56 Å². The van der Waals surface area contributed by atoms with Gasteiger partial charge >= 0.3 is 5.97 Å². The summed E-state index contributed by atoms with van der Waals surface area (Å²) in [6.45, 7) is 0. The van der Waals surface area contributed by atoms with Crippen LogP contribution in [0.5, 0.6) is 0 Å². The van der Waals surface area contributed by atoms with Gasteiger partial charge in [0.25, 0.3) is 0 Å². The van der Waals surface area contributed by atoms with Gasteiger partial charge < -0.3 is 5.11 Å². The van der Waals surface area contributed by atoms with Crippen LogP contribution in [0.25, 0.3) is 5.65 Å².